The molecule has 0 bridgehead atoms. The van der Waals surface area contributed by atoms with E-state index in [1.165, 1.54) is 86.8 Å². The Kier molecular flexibility index (Phi) is 64.7. The molecule has 618 valence electrons. The predicted molar refractivity (Wildman–Crippen MR) is 466 cm³/mol. The molecule has 22 heteroatoms. The Hall–Kier alpha value is -6.56. The Balaban J connectivity index is 0.000000667. The number of ether oxygens (including phenoxy) is 3. The van der Waals surface area contributed by atoms with Crippen LogP contribution in [0, 0.1) is 27.7 Å². The zero-order valence-electron chi connectivity index (χ0n) is 67.2. The van der Waals surface area contributed by atoms with E-state index in [1.807, 2.05) is 126 Å². The van der Waals surface area contributed by atoms with Crippen molar-refractivity contribution in [3.05, 3.63) is 156 Å². The summed E-state index contributed by atoms with van der Waals surface area (Å²) in [5, 5.41) is 60.6. The van der Waals surface area contributed by atoms with E-state index in [0.717, 1.165) is 196 Å². The first-order chi connectivity index (χ1) is 53.6. The molecule has 111 heavy (non-hydrogen) atoms. The third-order valence-electron chi connectivity index (χ3n) is 17.0. The average Bonchev–Trinajstić information content (AvgIpc) is 0.912. The Bertz CT molecular complexity index is 3430. The molecule has 0 aromatic heterocycles. The molecule has 6 aromatic rings. The topological polar surface area (TPSA) is 272 Å². The van der Waals surface area contributed by atoms with Crippen molar-refractivity contribution in [3.8, 4) is 23.0 Å². The Morgan fingerprint density at radius 2 is 0.450 bits per heavy atom. The number of carboxylic acids is 6. The molecular weight excluding hydrogens is 1520 g/mol. The van der Waals surface area contributed by atoms with Crippen LogP contribution in [-0.2, 0) is 28.8 Å². The van der Waals surface area contributed by atoms with Crippen molar-refractivity contribution in [2.24, 2.45) is 0 Å². The molecule has 6 rings (SSSR count). The summed E-state index contributed by atoms with van der Waals surface area (Å²) in [4.78, 5) is 69.2. The molecule has 0 saturated carbocycles. The van der Waals surface area contributed by atoms with Crippen LogP contribution < -0.4 is 14.2 Å². The highest BCUT2D eigenvalue weighted by Crippen LogP contribution is 2.34. The van der Waals surface area contributed by atoms with Crippen LogP contribution in [0.2, 0.25) is 0 Å². The number of phenols is 1. The van der Waals surface area contributed by atoms with Gasteiger partial charge in [-0.3, -0.25) is 28.8 Å². The molecule has 0 amide bonds. The SMILES string of the molecule is COc1ccccc1SCCCCCC(=O)O.COc1ccccc1SCCCCCCCC(=O)O.COc1ccccc1SCCCCCCCCCC(=O)O.Cc1ccc(C)c(SCCCCCC(=O)O)c1.Cc1ccc(C)c(SCCCCCCCC(=O)O)c1.O=C(O)CCCCCCCSc1ccccc1O. The van der Waals surface area contributed by atoms with Crippen molar-refractivity contribution in [2.75, 3.05) is 55.8 Å². The van der Waals surface area contributed by atoms with Crippen LogP contribution >= 0.6 is 70.6 Å². The smallest absolute Gasteiger partial charge is 0.303 e. The maximum absolute atomic E-state index is 10.4. The van der Waals surface area contributed by atoms with Gasteiger partial charge >= 0.3 is 35.8 Å². The van der Waals surface area contributed by atoms with E-state index in [-0.39, 0.29) is 12.8 Å². The van der Waals surface area contributed by atoms with Crippen molar-refractivity contribution in [3.63, 3.8) is 0 Å². The second-order valence-corrected chi connectivity index (χ2v) is 33.6. The van der Waals surface area contributed by atoms with E-state index in [1.54, 1.807) is 50.9 Å². The molecule has 0 aliphatic heterocycles. The van der Waals surface area contributed by atoms with Gasteiger partial charge in [0.25, 0.3) is 0 Å². The molecule has 0 radical (unpaired) electrons. The van der Waals surface area contributed by atoms with Crippen LogP contribution in [0.25, 0.3) is 0 Å². The number of carbonyl (C=O) groups is 6. The predicted octanol–water partition coefficient (Wildman–Crippen LogP) is 25.4. The summed E-state index contributed by atoms with van der Waals surface area (Å²) in [7, 11) is 5.08. The molecule has 0 unspecified atom stereocenters. The summed E-state index contributed by atoms with van der Waals surface area (Å²) in [6, 6.07) is 44.6. The number of aryl methyl sites for hydroxylation is 4. The minimum Gasteiger partial charge on any atom is -0.507 e. The minimum atomic E-state index is -0.706. The van der Waals surface area contributed by atoms with Gasteiger partial charge in [0.2, 0.25) is 0 Å². The lowest BCUT2D eigenvalue weighted by atomic mass is 10.1. The molecule has 0 spiro atoms. The Labute approximate surface area is 690 Å². The summed E-state index contributed by atoms with van der Waals surface area (Å²) in [5.41, 5.74) is 5.30. The highest BCUT2D eigenvalue weighted by Gasteiger charge is 2.09. The normalized spacial score (nSPS) is 10.4. The number of aromatic hydroxyl groups is 1. The number of methoxy groups -OCH3 is 3. The van der Waals surface area contributed by atoms with Gasteiger partial charge < -0.3 is 50.0 Å². The van der Waals surface area contributed by atoms with E-state index >= 15 is 0 Å². The molecular formula is C89H130O16S6. The summed E-state index contributed by atoms with van der Waals surface area (Å²) >= 11 is 10.9. The number of para-hydroxylation sites is 4. The van der Waals surface area contributed by atoms with Gasteiger partial charge in [-0.1, -0.05) is 187 Å². The van der Waals surface area contributed by atoms with Crippen LogP contribution in [0.15, 0.2) is 163 Å². The zero-order valence-corrected chi connectivity index (χ0v) is 72.1. The number of unbranched alkanes of at least 4 members (excludes halogenated alkanes) is 22. The van der Waals surface area contributed by atoms with Crippen LogP contribution in [-0.4, -0.2) is 127 Å². The van der Waals surface area contributed by atoms with Crippen LogP contribution in [0.3, 0.4) is 0 Å². The van der Waals surface area contributed by atoms with Crippen LogP contribution in [0.1, 0.15) is 241 Å². The monoisotopic (exact) mass is 1650 g/mol. The van der Waals surface area contributed by atoms with Crippen molar-refractivity contribution in [1.29, 1.82) is 0 Å². The number of benzene rings is 6. The first-order valence-electron chi connectivity index (χ1n) is 39.5. The number of rotatable bonds is 55. The van der Waals surface area contributed by atoms with Crippen molar-refractivity contribution in [2.45, 2.75) is 275 Å². The van der Waals surface area contributed by atoms with Gasteiger partial charge in [-0.05, 0) is 211 Å². The highest BCUT2D eigenvalue weighted by molar-refractivity contribution is 8.00. The van der Waals surface area contributed by atoms with Gasteiger partial charge in [-0.25, -0.2) is 0 Å². The second kappa shape index (κ2) is 70.1. The molecule has 0 saturated heterocycles. The molecule has 0 heterocycles. The van der Waals surface area contributed by atoms with E-state index < -0.39 is 35.8 Å². The minimum absolute atomic E-state index is 0.277. The fourth-order valence-electron chi connectivity index (χ4n) is 10.7. The summed E-state index contributed by atoms with van der Waals surface area (Å²) in [6.07, 6.45) is 31.2. The number of hydrogen-bond acceptors (Lipinski definition) is 16. The van der Waals surface area contributed by atoms with Crippen LogP contribution in [0.4, 0.5) is 0 Å². The van der Waals surface area contributed by atoms with Crippen LogP contribution in [0.5, 0.6) is 23.0 Å². The third-order valence-corrected chi connectivity index (χ3v) is 24.1. The number of aliphatic carboxylic acids is 6. The fourth-order valence-corrected chi connectivity index (χ4v) is 17.0. The number of thioether (sulfide) groups is 6. The van der Waals surface area contributed by atoms with Crippen molar-refractivity contribution < 1.29 is 78.7 Å². The zero-order chi connectivity index (χ0) is 81.8. The summed E-state index contributed by atoms with van der Waals surface area (Å²) in [6.45, 7) is 8.53. The average molecular weight is 1650 g/mol. The molecule has 0 aliphatic rings. The lowest BCUT2D eigenvalue weighted by molar-refractivity contribution is -0.138. The van der Waals surface area contributed by atoms with E-state index in [2.05, 4.69) is 76.2 Å². The Morgan fingerprint density at radius 3 is 0.694 bits per heavy atom. The maximum atomic E-state index is 10.4. The van der Waals surface area contributed by atoms with Gasteiger partial charge in [0.15, 0.2) is 0 Å². The lowest BCUT2D eigenvalue weighted by Crippen LogP contribution is -1.94. The summed E-state index contributed by atoms with van der Waals surface area (Å²) < 4.78 is 15.9. The molecule has 16 nitrogen and oxygen atoms in total. The quantitative estimate of drug-likeness (QED) is 0.0138. The summed E-state index contributed by atoms with van der Waals surface area (Å²) in [5.74, 6) is 5.45. The van der Waals surface area contributed by atoms with Gasteiger partial charge in [-0.2, -0.15) is 0 Å². The standard InChI is InChI=1S/C17H26O3S.C16H24O2S.C15H22O3S.C14H20O3S.C14H20O2S.C13H18O3S/c1-20-15-11-8-9-12-16(15)21-14-10-6-4-2-3-5-7-13-17(18)19;1-13-9-10-14(2)15(12-13)19-11-7-5-3-4-6-8-16(17)18;1-18-13-9-6-7-10-14(13)19-12-8-4-2-3-5-11-15(16)17;15-12-8-5-6-9-13(12)18-11-7-3-1-2-4-10-14(16)17;1-11-7-8-12(2)13(10-11)17-9-5-3-4-6-14(15)16;1-16-11-7-4-5-8-12(11)17-10-6-2-3-9-13(14)15/h8-9,11-12H,2-7,10,13-14H2,1H3,(H,18,19);9-10,12H,3-8,11H2,1-2H3,(H,17,18);6-7,9-10H,2-5,8,11-12H2,1H3,(H,16,17);5-6,8-9,15H,1-4,7,10-11H2,(H,16,17);7-8,10H,3-6,9H2,1-2H3,(H,15,16);4-5,7-8H,2-3,6,9-10H2,1H3,(H,14,15). The maximum Gasteiger partial charge on any atom is 0.303 e. The lowest BCUT2D eigenvalue weighted by Gasteiger charge is -2.07. The van der Waals surface area contributed by atoms with Gasteiger partial charge in [0, 0.05) is 67.9 Å². The van der Waals surface area contributed by atoms with E-state index in [0.29, 0.717) is 31.4 Å². The molecule has 6 aromatic carbocycles. The molecule has 7 N–H and O–H groups in total. The Morgan fingerprint density at radius 1 is 0.252 bits per heavy atom. The number of carboxylic acid groups (broad SMARTS) is 6. The fraction of sp³-hybridized carbons (Fsp3) is 0.528. The molecule has 0 aliphatic carbocycles. The van der Waals surface area contributed by atoms with Gasteiger partial charge in [-0.15, -0.1) is 70.6 Å². The van der Waals surface area contributed by atoms with Crippen molar-refractivity contribution >= 4 is 106 Å². The van der Waals surface area contributed by atoms with Gasteiger partial charge in [0.05, 0.1) is 21.3 Å². The molecule has 0 atom stereocenters. The number of phenolic OH excluding ortho intramolecular Hbond substituents is 1. The second-order valence-electron chi connectivity index (χ2n) is 26.8. The van der Waals surface area contributed by atoms with E-state index in [9.17, 15) is 33.9 Å². The van der Waals surface area contributed by atoms with E-state index in [4.69, 9.17) is 44.8 Å². The number of hydrogen-bond donors (Lipinski definition) is 7. The first kappa shape index (κ1) is 102. The largest absolute Gasteiger partial charge is 0.507 e. The third kappa shape index (κ3) is 59.8. The first-order valence-corrected chi connectivity index (χ1v) is 45.4. The van der Waals surface area contributed by atoms with Gasteiger partial charge in [0.1, 0.15) is 23.0 Å². The van der Waals surface area contributed by atoms with Crippen molar-refractivity contribution in [1.82, 2.24) is 0 Å². The molecule has 0 fully saturated rings. The highest BCUT2D eigenvalue weighted by atomic mass is 32.2.